The number of piperidine rings is 1. The smallest absolute Gasteiger partial charge is 0.204 e. The van der Waals surface area contributed by atoms with Gasteiger partial charge in [-0.2, -0.15) is 10.5 Å². The lowest BCUT2D eigenvalue weighted by atomic mass is 10.1. The Balaban J connectivity index is 2.31. The topological polar surface area (TPSA) is 135 Å². The Labute approximate surface area is 99.2 Å². The van der Waals surface area contributed by atoms with Crippen molar-refractivity contribution in [2.75, 3.05) is 13.1 Å². The van der Waals surface area contributed by atoms with Crippen LogP contribution in [0.1, 0.15) is 12.8 Å². The Morgan fingerprint density at radius 1 is 1.12 bits per heavy atom. The van der Waals surface area contributed by atoms with Gasteiger partial charge < -0.3 is 10.2 Å². The molecule has 0 unspecified atom stereocenters. The maximum absolute atomic E-state index is 8.39. The SMILES string of the molecule is N#CNC(=N)NC1CCN(C(=N)NC#N)CC1. The van der Waals surface area contributed by atoms with E-state index < -0.39 is 0 Å². The minimum absolute atomic E-state index is 0.00354. The number of rotatable bonds is 1. The molecule has 5 N–H and O–H groups in total. The second-order valence-corrected chi connectivity index (χ2v) is 3.60. The summed E-state index contributed by atoms with van der Waals surface area (Å²) in [6.07, 6.45) is 4.90. The number of nitrogens with one attached hydrogen (secondary N) is 5. The summed E-state index contributed by atoms with van der Waals surface area (Å²) >= 11 is 0. The normalized spacial score (nSPS) is 15.3. The molecule has 1 aliphatic heterocycles. The van der Waals surface area contributed by atoms with Gasteiger partial charge in [-0.25, -0.2) is 0 Å². The predicted molar refractivity (Wildman–Crippen MR) is 60.7 cm³/mol. The first-order chi connectivity index (χ1) is 8.17. The molecule has 90 valence electrons. The van der Waals surface area contributed by atoms with Gasteiger partial charge in [-0.3, -0.25) is 21.5 Å². The second-order valence-electron chi connectivity index (χ2n) is 3.60. The van der Waals surface area contributed by atoms with Gasteiger partial charge in [0, 0.05) is 19.1 Å². The van der Waals surface area contributed by atoms with Gasteiger partial charge in [0.25, 0.3) is 0 Å². The molecule has 0 aromatic carbocycles. The average molecular weight is 234 g/mol. The minimum Gasteiger partial charge on any atom is -0.353 e. The van der Waals surface area contributed by atoms with Crippen molar-refractivity contribution in [2.45, 2.75) is 18.9 Å². The van der Waals surface area contributed by atoms with Crippen molar-refractivity contribution in [1.29, 1.82) is 21.3 Å². The van der Waals surface area contributed by atoms with Crippen molar-refractivity contribution in [1.82, 2.24) is 20.9 Å². The molecule has 0 radical (unpaired) electrons. The van der Waals surface area contributed by atoms with E-state index in [4.69, 9.17) is 21.3 Å². The van der Waals surface area contributed by atoms with Crippen molar-refractivity contribution >= 4 is 11.9 Å². The molecule has 17 heavy (non-hydrogen) atoms. The van der Waals surface area contributed by atoms with Crippen LogP contribution in [-0.4, -0.2) is 36.0 Å². The first-order valence-corrected chi connectivity index (χ1v) is 5.16. The fourth-order valence-electron chi connectivity index (χ4n) is 1.68. The van der Waals surface area contributed by atoms with Crippen LogP contribution < -0.4 is 16.0 Å². The molecule has 0 saturated carbocycles. The quantitative estimate of drug-likeness (QED) is 0.172. The van der Waals surface area contributed by atoms with E-state index in [2.05, 4.69) is 16.0 Å². The summed E-state index contributed by atoms with van der Waals surface area (Å²) in [5, 5.41) is 39.0. The zero-order chi connectivity index (χ0) is 12.7. The summed E-state index contributed by atoms with van der Waals surface area (Å²) in [5.74, 6) is 0.104. The molecule has 1 heterocycles. The highest BCUT2D eigenvalue weighted by Gasteiger charge is 2.21. The average Bonchev–Trinajstić information content (AvgIpc) is 2.30. The lowest BCUT2D eigenvalue weighted by Gasteiger charge is -2.33. The number of hydrogen-bond donors (Lipinski definition) is 5. The molecule has 0 spiro atoms. The predicted octanol–water partition coefficient (Wildman–Crippen LogP) is -0.949. The lowest BCUT2D eigenvalue weighted by Crippen LogP contribution is -2.50. The van der Waals surface area contributed by atoms with Crippen molar-refractivity contribution < 1.29 is 0 Å². The molecule has 1 rings (SSSR count). The third-order valence-electron chi connectivity index (χ3n) is 2.51. The second kappa shape index (κ2) is 6.18. The molecule has 1 aliphatic rings. The summed E-state index contributed by atoms with van der Waals surface area (Å²) in [7, 11) is 0. The van der Waals surface area contributed by atoms with Gasteiger partial charge in [0.15, 0.2) is 12.4 Å². The molecule has 0 atom stereocenters. The van der Waals surface area contributed by atoms with Crippen LogP contribution in [0.2, 0.25) is 0 Å². The molecule has 0 bridgehead atoms. The van der Waals surface area contributed by atoms with Crippen molar-refractivity contribution in [2.24, 2.45) is 0 Å². The van der Waals surface area contributed by atoms with Gasteiger partial charge >= 0.3 is 0 Å². The van der Waals surface area contributed by atoms with Crippen molar-refractivity contribution in [3.8, 4) is 12.4 Å². The van der Waals surface area contributed by atoms with E-state index in [0.29, 0.717) is 13.1 Å². The molecule has 0 amide bonds. The van der Waals surface area contributed by atoms with Gasteiger partial charge in [-0.15, -0.1) is 0 Å². The van der Waals surface area contributed by atoms with E-state index in [-0.39, 0.29) is 18.0 Å². The van der Waals surface area contributed by atoms with Crippen molar-refractivity contribution in [3.63, 3.8) is 0 Å². The van der Waals surface area contributed by atoms with Crippen LogP contribution in [0.25, 0.3) is 0 Å². The van der Waals surface area contributed by atoms with Crippen LogP contribution in [0.15, 0.2) is 0 Å². The summed E-state index contributed by atoms with van der Waals surface area (Å²) in [4.78, 5) is 1.77. The van der Waals surface area contributed by atoms with E-state index in [0.717, 1.165) is 12.8 Å². The van der Waals surface area contributed by atoms with Crippen molar-refractivity contribution in [3.05, 3.63) is 0 Å². The zero-order valence-electron chi connectivity index (χ0n) is 9.25. The van der Waals surface area contributed by atoms with Crippen LogP contribution in [0.3, 0.4) is 0 Å². The highest BCUT2D eigenvalue weighted by Crippen LogP contribution is 2.09. The van der Waals surface area contributed by atoms with Crippen LogP contribution in [0.5, 0.6) is 0 Å². The Kier molecular flexibility index (Phi) is 4.58. The maximum Gasteiger partial charge on any atom is 0.204 e. The van der Waals surface area contributed by atoms with E-state index in [1.165, 1.54) is 0 Å². The van der Waals surface area contributed by atoms with Gasteiger partial charge in [-0.1, -0.05) is 0 Å². The van der Waals surface area contributed by atoms with Gasteiger partial charge in [0.1, 0.15) is 0 Å². The highest BCUT2D eigenvalue weighted by atomic mass is 15.3. The van der Waals surface area contributed by atoms with E-state index in [1.54, 1.807) is 17.3 Å². The van der Waals surface area contributed by atoms with Gasteiger partial charge in [0.2, 0.25) is 11.9 Å². The number of guanidine groups is 2. The number of hydrogen-bond acceptors (Lipinski definition) is 4. The molecular formula is C9H14N8. The highest BCUT2D eigenvalue weighted by molar-refractivity contribution is 5.79. The van der Waals surface area contributed by atoms with Crippen LogP contribution in [0.4, 0.5) is 0 Å². The Bertz CT molecular complexity index is 367. The molecule has 0 aromatic heterocycles. The fourth-order valence-corrected chi connectivity index (χ4v) is 1.68. The summed E-state index contributed by atoms with van der Waals surface area (Å²) in [6.45, 7) is 1.29. The maximum atomic E-state index is 8.39. The summed E-state index contributed by atoms with van der Waals surface area (Å²) in [6, 6.07) is 0.120. The summed E-state index contributed by atoms with van der Waals surface area (Å²) < 4.78 is 0. The first-order valence-electron chi connectivity index (χ1n) is 5.16. The van der Waals surface area contributed by atoms with Gasteiger partial charge in [-0.05, 0) is 12.8 Å². The number of nitrogens with zero attached hydrogens (tertiary/aromatic N) is 3. The third-order valence-corrected chi connectivity index (χ3v) is 2.51. The van der Waals surface area contributed by atoms with Crippen LogP contribution >= 0.6 is 0 Å². The van der Waals surface area contributed by atoms with E-state index in [9.17, 15) is 0 Å². The Morgan fingerprint density at radius 3 is 2.24 bits per heavy atom. The Hall–Kier alpha value is -2.48. The largest absolute Gasteiger partial charge is 0.353 e. The first kappa shape index (κ1) is 12.6. The third kappa shape index (κ3) is 3.87. The molecule has 0 aromatic rings. The Morgan fingerprint density at radius 2 is 1.71 bits per heavy atom. The number of nitriles is 2. The number of likely N-dealkylation sites (tertiary alicyclic amines) is 1. The lowest BCUT2D eigenvalue weighted by molar-refractivity contribution is 0.293. The zero-order valence-corrected chi connectivity index (χ0v) is 9.25. The molecule has 8 heteroatoms. The fraction of sp³-hybridized carbons (Fsp3) is 0.556. The van der Waals surface area contributed by atoms with Crippen LogP contribution in [-0.2, 0) is 0 Å². The van der Waals surface area contributed by atoms with Crippen LogP contribution in [0, 0.1) is 33.7 Å². The molecular weight excluding hydrogens is 220 g/mol. The minimum atomic E-state index is -0.00354. The summed E-state index contributed by atoms with van der Waals surface area (Å²) in [5.41, 5.74) is 0. The molecule has 8 nitrogen and oxygen atoms in total. The van der Waals surface area contributed by atoms with Gasteiger partial charge in [0.05, 0.1) is 0 Å². The molecule has 1 fully saturated rings. The van der Waals surface area contributed by atoms with E-state index >= 15 is 0 Å². The standard InChI is InChI=1S/C9H14N8/c10-5-14-8(12)16-7-1-3-17(4-2-7)9(13)15-6-11/h7H,1-4H2,(H2,13,15)(H3,12,14,16). The van der Waals surface area contributed by atoms with E-state index in [1.807, 2.05) is 0 Å². The molecule has 1 saturated heterocycles. The molecule has 0 aliphatic carbocycles. The monoisotopic (exact) mass is 234 g/mol.